The van der Waals surface area contributed by atoms with Gasteiger partial charge >= 0.3 is 5.97 Å². The molecule has 0 spiro atoms. The molecule has 0 bridgehead atoms. The second-order valence-corrected chi connectivity index (χ2v) is 8.75. The SMILES string of the molecule is O=C(COC(=O)c1c2c(nc3ccccc13)C(=Cc1cccs1)CC2)Nc1ccc(F)c(F)c1. The molecule has 0 aliphatic heterocycles. The van der Waals surface area contributed by atoms with Gasteiger partial charge in [0, 0.05) is 22.0 Å². The first-order valence-electron chi connectivity index (χ1n) is 10.6. The first kappa shape index (κ1) is 21.9. The van der Waals surface area contributed by atoms with E-state index in [2.05, 4.69) is 11.4 Å². The topological polar surface area (TPSA) is 68.3 Å². The quantitative estimate of drug-likeness (QED) is 0.367. The number of hydrogen-bond donors (Lipinski definition) is 1. The van der Waals surface area contributed by atoms with Crippen molar-refractivity contribution in [1.29, 1.82) is 0 Å². The number of benzene rings is 2. The molecule has 0 saturated carbocycles. The smallest absolute Gasteiger partial charge is 0.339 e. The number of rotatable bonds is 5. The lowest BCUT2D eigenvalue weighted by Gasteiger charge is -2.12. The number of pyridine rings is 1. The first-order valence-corrected chi connectivity index (χ1v) is 11.5. The number of fused-ring (bicyclic) bond motifs is 2. The van der Waals surface area contributed by atoms with Crippen LogP contribution in [0, 0.1) is 11.6 Å². The molecule has 0 atom stereocenters. The lowest BCUT2D eigenvalue weighted by molar-refractivity contribution is -0.119. The summed E-state index contributed by atoms with van der Waals surface area (Å²) in [6.07, 6.45) is 3.46. The number of carbonyl (C=O) groups excluding carboxylic acids is 2. The van der Waals surface area contributed by atoms with Crippen LogP contribution < -0.4 is 5.32 Å². The minimum absolute atomic E-state index is 0.0681. The Morgan fingerprint density at radius 3 is 2.71 bits per heavy atom. The normalized spacial score (nSPS) is 13.8. The molecule has 4 aromatic rings. The molecule has 8 heteroatoms. The van der Waals surface area contributed by atoms with Crippen molar-refractivity contribution in [3.63, 3.8) is 0 Å². The molecule has 0 radical (unpaired) electrons. The van der Waals surface area contributed by atoms with Crippen LogP contribution in [0.2, 0.25) is 0 Å². The largest absolute Gasteiger partial charge is 0.452 e. The molecule has 0 saturated heterocycles. The number of hydrogen-bond acceptors (Lipinski definition) is 5. The van der Waals surface area contributed by atoms with Crippen LogP contribution in [0.1, 0.15) is 32.9 Å². The summed E-state index contributed by atoms with van der Waals surface area (Å²) in [6.45, 7) is -0.568. The Balaban J connectivity index is 1.41. The Morgan fingerprint density at radius 1 is 1.06 bits per heavy atom. The van der Waals surface area contributed by atoms with Gasteiger partial charge < -0.3 is 10.1 Å². The Morgan fingerprint density at radius 2 is 1.91 bits per heavy atom. The van der Waals surface area contributed by atoms with Crippen molar-refractivity contribution in [3.8, 4) is 0 Å². The number of nitrogens with one attached hydrogen (secondary N) is 1. The van der Waals surface area contributed by atoms with Gasteiger partial charge in [0.25, 0.3) is 5.91 Å². The lowest BCUT2D eigenvalue weighted by Crippen LogP contribution is -2.22. The van der Waals surface area contributed by atoms with Gasteiger partial charge in [-0.1, -0.05) is 24.3 Å². The number of para-hydroxylation sites is 1. The van der Waals surface area contributed by atoms with Gasteiger partial charge in [-0.3, -0.25) is 4.79 Å². The maximum atomic E-state index is 13.4. The molecule has 1 aliphatic carbocycles. The fourth-order valence-corrected chi connectivity index (χ4v) is 4.71. The summed E-state index contributed by atoms with van der Waals surface area (Å²) in [5.74, 6) is -3.39. The lowest BCUT2D eigenvalue weighted by atomic mass is 10.0. The monoisotopic (exact) mass is 476 g/mol. The van der Waals surface area contributed by atoms with Crippen LogP contribution in [0.15, 0.2) is 60.0 Å². The number of aromatic nitrogens is 1. The van der Waals surface area contributed by atoms with Crippen LogP contribution in [0.5, 0.6) is 0 Å². The molecular formula is C26H18F2N2O3S. The molecule has 0 fully saturated rings. The van der Waals surface area contributed by atoms with E-state index in [9.17, 15) is 18.4 Å². The average molecular weight is 477 g/mol. The van der Waals surface area contributed by atoms with Gasteiger partial charge in [0.2, 0.25) is 0 Å². The van der Waals surface area contributed by atoms with Crippen molar-refractivity contribution < 1.29 is 23.1 Å². The van der Waals surface area contributed by atoms with Crippen LogP contribution in [-0.2, 0) is 16.0 Å². The molecule has 2 aromatic carbocycles. The highest BCUT2D eigenvalue weighted by atomic mass is 32.1. The number of thiophene rings is 1. The molecule has 34 heavy (non-hydrogen) atoms. The Bertz CT molecular complexity index is 1450. The zero-order chi connectivity index (χ0) is 23.7. The zero-order valence-electron chi connectivity index (χ0n) is 17.8. The van der Waals surface area contributed by atoms with Gasteiger partial charge in [0.15, 0.2) is 18.2 Å². The summed E-state index contributed by atoms with van der Waals surface area (Å²) in [5.41, 5.74) is 3.75. The number of halogens is 2. The third kappa shape index (κ3) is 4.32. The third-order valence-corrected chi connectivity index (χ3v) is 6.36. The molecule has 170 valence electrons. The summed E-state index contributed by atoms with van der Waals surface area (Å²) in [5, 5.41) is 5.06. The van der Waals surface area contributed by atoms with Gasteiger partial charge in [-0.2, -0.15) is 0 Å². The number of nitrogens with zero attached hydrogens (tertiary/aromatic N) is 1. The molecule has 2 aromatic heterocycles. The summed E-state index contributed by atoms with van der Waals surface area (Å²) in [6, 6.07) is 14.3. The van der Waals surface area contributed by atoms with Gasteiger partial charge in [-0.15, -0.1) is 11.3 Å². The zero-order valence-corrected chi connectivity index (χ0v) is 18.6. The van der Waals surface area contributed by atoms with E-state index in [0.717, 1.165) is 40.3 Å². The summed E-state index contributed by atoms with van der Waals surface area (Å²) in [7, 11) is 0. The molecule has 5 rings (SSSR count). The third-order valence-electron chi connectivity index (χ3n) is 5.54. The van der Waals surface area contributed by atoms with E-state index in [0.29, 0.717) is 22.9 Å². The van der Waals surface area contributed by atoms with Crippen LogP contribution in [0.4, 0.5) is 14.5 Å². The molecule has 5 nitrogen and oxygen atoms in total. The standard InChI is InChI=1S/C26H18F2N2O3S/c27-20-10-8-16(13-21(20)28)29-23(31)14-33-26(32)24-18-5-1-2-6-22(18)30-25-15(7-9-19(24)25)12-17-4-3-11-34-17/h1-6,8,10-13H,7,9,14H2,(H,29,31). The highest BCUT2D eigenvalue weighted by Gasteiger charge is 2.28. The van der Waals surface area contributed by atoms with Crippen molar-refractivity contribution in [3.05, 3.63) is 93.3 Å². The summed E-state index contributed by atoms with van der Waals surface area (Å²) in [4.78, 5) is 31.3. The van der Waals surface area contributed by atoms with Crippen molar-refractivity contribution in [2.24, 2.45) is 0 Å². The maximum Gasteiger partial charge on any atom is 0.339 e. The molecular weight excluding hydrogens is 458 g/mol. The van der Waals surface area contributed by atoms with E-state index in [4.69, 9.17) is 9.72 Å². The molecule has 1 N–H and O–H groups in total. The number of carbonyl (C=O) groups is 2. The number of allylic oxidation sites excluding steroid dienone is 1. The van der Waals surface area contributed by atoms with Crippen molar-refractivity contribution in [2.75, 3.05) is 11.9 Å². The Hall–Kier alpha value is -3.91. The maximum absolute atomic E-state index is 13.4. The van der Waals surface area contributed by atoms with Crippen LogP contribution in [-0.4, -0.2) is 23.5 Å². The number of anilines is 1. The highest BCUT2D eigenvalue weighted by Crippen LogP contribution is 2.38. The second-order valence-electron chi connectivity index (χ2n) is 7.77. The van der Waals surface area contributed by atoms with E-state index >= 15 is 0 Å². The fraction of sp³-hybridized carbons (Fsp3) is 0.115. The molecule has 1 aliphatic rings. The molecule has 0 unspecified atom stereocenters. The Labute approximate surface area is 197 Å². The van der Waals surface area contributed by atoms with Crippen molar-refractivity contribution in [2.45, 2.75) is 12.8 Å². The van der Waals surface area contributed by atoms with Crippen molar-refractivity contribution >= 4 is 51.5 Å². The summed E-state index contributed by atoms with van der Waals surface area (Å²) < 4.78 is 31.8. The number of amides is 1. The second kappa shape index (κ2) is 9.15. The number of ether oxygens (including phenoxy) is 1. The molecule has 2 heterocycles. The van der Waals surface area contributed by atoms with Gasteiger partial charge in [0.05, 0.1) is 16.8 Å². The van der Waals surface area contributed by atoms with Crippen LogP contribution in [0.3, 0.4) is 0 Å². The minimum atomic E-state index is -1.08. The number of esters is 1. The van der Waals surface area contributed by atoms with Crippen LogP contribution in [0.25, 0.3) is 22.6 Å². The van der Waals surface area contributed by atoms with E-state index in [1.54, 1.807) is 11.3 Å². The van der Waals surface area contributed by atoms with E-state index in [-0.39, 0.29) is 5.69 Å². The summed E-state index contributed by atoms with van der Waals surface area (Å²) >= 11 is 1.63. The van der Waals surface area contributed by atoms with Crippen LogP contribution >= 0.6 is 11.3 Å². The van der Waals surface area contributed by atoms with Gasteiger partial charge in [-0.25, -0.2) is 18.6 Å². The van der Waals surface area contributed by atoms with Crippen molar-refractivity contribution in [1.82, 2.24) is 4.98 Å². The predicted octanol–water partition coefficient (Wildman–Crippen LogP) is 5.86. The van der Waals surface area contributed by atoms with Gasteiger partial charge in [0.1, 0.15) is 0 Å². The predicted molar refractivity (Wildman–Crippen MR) is 128 cm³/mol. The Kier molecular flexibility index (Phi) is 5.90. The first-order chi connectivity index (χ1) is 16.5. The fourth-order valence-electron chi connectivity index (χ4n) is 4.03. The van der Waals surface area contributed by atoms with Gasteiger partial charge in [-0.05, 0) is 59.7 Å². The van der Waals surface area contributed by atoms with E-state index < -0.39 is 30.1 Å². The molecule has 1 amide bonds. The van der Waals surface area contributed by atoms with E-state index in [1.807, 2.05) is 41.8 Å². The average Bonchev–Trinajstić information content (AvgIpc) is 3.49. The van der Waals surface area contributed by atoms with E-state index in [1.165, 1.54) is 6.07 Å². The minimum Gasteiger partial charge on any atom is -0.452 e. The highest BCUT2D eigenvalue weighted by molar-refractivity contribution is 7.10.